The minimum absolute atomic E-state index is 0.0478. The molecule has 0 radical (unpaired) electrons. The Morgan fingerprint density at radius 1 is 1.27 bits per heavy atom. The normalized spacial score (nSPS) is 21.0. The molecule has 1 aromatic rings. The van der Waals surface area contributed by atoms with Crippen molar-refractivity contribution in [2.75, 3.05) is 13.7 Å². The monoisotopic (exact) mass is 305 g/mol. The van der Waals surface area contributed by atoms with Crippen molar-refractivity contribution < 1.29 is 19.1 Å². The molecule has 1 aliphatic rings. The number of benzene rings is 1. The number of carbonyl (C=O) groups is 2. The molecule has 1 amide bonds. The van der Waals surface area contributed by atoms with Crippen molar-refractivity contribution in [3.63, 3.8) is 0 Å². The Bertz CT molecular complexity index is 529. The number of amides is 1. The van der Waals surface area contributed by atoms with Gasteiger partial charge in [-0.15, -0.1) is 0 Å². The molecule has 0 heterocycles. The topological polar surface area (TPSA) is 64.6 Å². The van der Waals surface area contributed by atoms with Crippen LogP contribution in [0.15, 0.2) is 24.3 Å². The van der Waals surface area contributed by atoms with Crippen LogP contribution in [-0.2, 0) is 9.53 Å². The highest BCUT2D eigenvalue weighted by atomic mass is 16.5. The molecule has 1 fully saturated rings. The third-order valence-electron chi connectivity index (χ3n) is 4.08. The minimum Gasteiger partial charge on any atom is -0.484 e. The summed E-state index contributed by atoms with van der Waals surface area (Å²) in [4.78, 5) is 23.4. The Morgan fingerprint density at radius 3 is 2.77 bits per heavy atom. The largest absolute Gasteiger partial charge is 0.484 e. The quantitative estimate of drug-likeness (QED) is 0.849. The zero-order valence-electron chi connectivity index (χ0n) is 13.1. The molecule has 0 unspecified atom stereocenters. The van der Waals surface area contributed by atoms with Gasteiger partial charge in [0, 0.05) is 6.04 Å². The molecule has 0 aliphatic heterocycles. The molecule has 22 heavy (non-hydrogen) atoms. The predicted molar refractivity (Wildman–Crippen MR) is 82.8 cm³/mol. The van der Waals surface area contributed by atoms with Gasteiger partial charge in [0.25, 0.3) is 5.91 Å². The fraction of sp³-hybridized carbons (Fsp3) is 0.529. The summed E-state index contributed by atoms with van der Waals surface area (Å²) in [5, 5.41) is 3.03. The Labute approximate surface area is 131 Å². The van der Waals surface area contributed by atoms with Crippen molar-refractivity contribution in [3.05, 3.63) is 29.8 Å². The van der Waals surface area contributed by atoms with Crippen LogP contribution < -0.4 is 10.1 Å². The van der Waals surface area contributed by atoms with E-state index in [-0.39, 0.29) is 18.6 Å². The van der Waals surface area contributed by atoms with Crippen LogP contribution >= 0.6 is 0 Å². The summed E-state index contributed by atoms with van der Waals surface area (Å²) in [6, 6.07) is 6.86. The number of esters is 1. The van der Waals surface area contributed by atoms with Crippen LogP contribution in [0, 0.1) is 5.92 Å². The van der Waals surface area contributed by atoms with Gasteiger partial charge in [0.2, 0.25) is 0 Å². The van der Waals surface area contributed by atoms with Crippen molar-refractivity contribution in [2.45, 2.75) is 38.6 Å². The second-order valence-corrected chi connectivity index (χ2v) is 5.74. The van der Waals surface area contributed by atoms with E-state index in [0.29, 0.717) is 17.2 Å². The van der Waals surface area contributed by atoms with Gasteiger partial charge in [0.1, 0.15) is 5.75 Å². The van der Waals surface area contributed by atoms with Gasteiger partial charge in [-0.25, -0.2) is 4.79 Å². The maximum absolute atomic E-state index is 12.0. The molecule has 5 heteroatoms. The van der Waals surface area contributed by atoms with Crippen LogP contribution in [0.1, 0.15) is 43.0 Å². The highest BCUT2D eigenvalue weighted by molar-refractivity contribution is 5.89. The molecule has 0 saturated heterocycles. The molecule has 1 aliphatic carbocycles. The lowest BCUT2D eigenvalue weighted by Crippen LogP contribution is -2.43. The first kappa shape index (κ1) is 16.3. The van der Waals surface area contributed by atoms with E-state index >= 15 is 0 Å². The summed E-state index contributed by atoms with van der Waals surface area (Å²) in [6.45, 7) is 2.12. The number of nitrogens with one attached hydrogen (secondary N) is 1. The molecular formula is C17H23NO4. The molecule has 2 rings (SSSR count). The number of ether oxygens (including phenoxy) is 2. The summed E-state index contributed by atoms with van der Waals surface area (Å²) in [5.41, 5.74) is 0.404. The maximum Gasteiger partial charge on any atom is 0.337 e. The molecule has 1 saturated carbocycles. The fourth-order valence-corrected chi connectivity index (χ4v) is 2.76. The van der Waals surface area contributed by atoms with Gasteiger partial charge in [-0.2, -0.15) is 0 Å². The highest BCUT2D eigenvalue weighted by Crippen LogP contribution is 2.23. The zero-order valence-corrected chi connectivity index (χ0v) is 13.1. The maximum atomic E-state index is 12.0. The average Bonchev–Trinajstić information content (AvgIpc) is 2.54. The molecule has 1 N–H and O–H groups in total. The SMILES string of the molecule is COC(=O)c1cccc(OCC(=O)N[C@@H]2CCCC[C@H]2C)c1. The number of hydrogen-bond donors (Lipinski definition) is 1. The zero-order chi connectivity index (χ0) is 15.9. The predicted octanol–water partition coefficient (Wildman–Crippen LogP) is 2.55. The first-order valence-electron chi connectivity index (χ1n) is 7.70. The average molecular weight is 305 g/mol. The lowest BCUT2D eigenvalue weighted by molar-refractivity contribution is -0.124. The van der Waals surface area contributed by atoms with Crippen molar-refractivity contribution >= 4 is 11.9 Å². The summed E-state index contributed by atoms with van der Waals surface area (Å²) >= 11 is 0. The third kappa shape index (κ3) is 4.48. The standard InChI is InChI=1S/C17H23NO4/c1-12-6-3-4-9-15(12)18-16(19)11-22-14-8-5-7-13(10-14)17(20)21-2/h5,7-8,10,12,15H,3-4,6,9,11H2,1-2H3,(H,18,19)/t12-,15-/m1/s1. The molecule has 1 aromatic carbocycles. The Kier molecular flexibility index (Phi) is 5.81. The molecule has 5 nitrogen and oxygen atoms in total. The molecule has 0 aromatic heterocycles. The summed E-state index contributed by atoms with van der Waals surface area (Å²) in [7, 11) is 1.33. The molecular weight excluding hydrogens is 282 g/mol. The smallest absolute Gasteiger partial charge is 0.337 e. The Morgan fingerprint density at radius 2 is 2.05 bits per heavy atom. The van der Waals surface area contributed by atoms with E-state index in [1.54, 1.807) is 24.3 Å². The summed E-state index contributed by atoms with van der Waals surface area (Å²) < 4.78 is 10.1. The Hall–Kier alpha value is -2.04. The van der Waals surface area contributed by atoms with E-state index in [1.807, 2.05) is 0 Å². The number of carbonyl (C=O) groups excluding carboxylic acids is 2. The van der Waals surface area contributed by atoms with Crippen LogP contribution in [0.2, 0.25) is 0 Å². The van der Waals surface area contributed by atoms with E-state index in [1.165, 1.54) is 13.5 Å². The van der Waals surface area contributed by atoms with Gasteiger partial charge in [-0.1, -0.05) is 25.8 Å². The first-order chi connectivity index (χ1) is 10.6. The van der Waals surface area contributed by atoms with Gasteiger partial charge in [0.05, 0.1) is 12.7 Å². The lowest BCUT2D eigenvalue weighted by Gasteiger charge is -2.29. The van der Waals surface area contributed by atoms with Crippen molar-refractivity contribution in [1.29, 1.82) is 0 Å². The van der Waals surface area contributed by atoms with E-state index in [9.17, 15) is 9.59 Å². The first-order valence-corrected chi connectivity index (χ1v) is 7.70. The van der Waals surface area contributed by atoms with Gasteiger partial charge >= 0.3 is 5.97 Å². The summed E-state index contributed by atoms with van der Waals surface area (Å²) in [5.74, 6) is 0.447. The second-order valence-electron chi connectivity index (χ2n) is 5.74. The lowest BCUT2D eigenvalue weighted by atomic mass is 9.86. The van der Waals surface area contributed by atoms with Crippen LogP contribution in [0.5, 0.6) is 5.75 Å². The van der Waals surface area contributed by atoms with Gasteiger partial charge in [-0.3, -0.25) is 4.79 Å². The Balaban J connectivity index is 1.84. The fourth-order valence-electron chi connectivity index (χ4n) is 2.76. The number of hydrogen-bond acceptors (Lipinski definition) is 4. The van der Waals surface area contributed by atoms with E-state index in [0.717, 1.165) is 19.3 Å². The minimum atomic E-state index is -0.425. The van der Waals surface area contributed by atoms with Crippen LogP contribution in [0.25, 0.3) is 0 Å². The van der Waals surface area contributed by atoms with E-state index in [2.05, 4.69) is 17.0 Å². The van der Waals surface area contributed by atoms with Crippen LogP contribution in [0.4, 0.5) is 0 Å². The molecule has 0 spiro atoms. The van der Waals surface area contributed by atoms with Crippen LogP contribution in [-0.4, -0.2) is 31.6 Å². The number of rotatable bonds is 5. The number of methoxy groups -OCH3 is 1. The van der Waals surface area contributed by atoms with Gasteiger partial charge in [-0.05, 0) is 37.0 Å². The van der Waals surface area contributed by atoms with E-state index in [4.69, 9.17) is 4.74 Å². The van der Waals surface area contributed by atoms with Crippen molar-refractivity contribution in [3.8, 4) is 5.75 Å². The van der Waals surface area contributed by atoms with Crippen LogP contribution in [0.3, 0.4) is 0 Å². The molecule has 2 atom stereocenters. The summed E-state index contributed by atoms with van der Waals surface area (Å²) in [6.07, 6.45) is 4.60. The molecule has 120 valence electrons. The second kappa shape index (κ2) is 7.82. The van der Waals surface area contributed by atoms with Gasteiger partial charge < -0.3 is 14.8 Å². The van der Waals surface area contributed by atoms with Crippen molar-refractivity contribution in [2.24, 2.45) is 5.92 Å². The third-order valence-corrected chi connectivity index (χ3v) is 4.08. The van der Waals surface area contributed by atoms with Crippen molar-refractivity contribution in [1.82, 2.24) is 5.32 Å². The van der Waals surface area contributed by atoms with Gasteiger partial charge in [0.15, 0.2) is 6.61 Å². The highest BCUT2D eigenvalue weighted by Gasteiger charge is 2.22. The van der Waals surface area contributed by atoms with E-state index < -0.39 is 5.97 Å². The molecule has 0 bridgehead atoms.